The summed E-state index contributed by atoms with van der Waals surface area (Å²) in [5.41, 5.74) is 0.0713. The maximum atomic E-state index is 10.6. The topological polar surface area (TPSA) is 60.4 Å². The molecule has 0 heterocycles. The van der Waals surface area contributed by atoms with Gasteiger partial charge in [-0.2, -0.15) is 8.42 Å². The molecule has 0 unspecified atom stereocenters. The third kappa shape index (κ3) is 6.48. The quantitative estimate of drug-likeness (QED) is 0.420. The first kappa shape index (κ1) is 15.4. The van der Waals surface area contributed by atoms with Gasteiger partial charge < -0.3 is 5.61 Å². The molecule has 0 spiro atoms. The summed E-state index contributed by atoms with van der Waals surface area (Å²) in [6, 6.07) is 0. The van der Waals surface area contributed by atoms with Crippen LogP contribution in [0, 0.1) is 0 Å². The molecule has 0 radical (unpaired) electrons. The minimum Gasteiger partial charge on any atom is -1.00 e. The fourth-order valence-corrected chi connectivity index (χ4v) is 0.736. The molecule has 12 heavy (non-hydrogen) atoms. The van der Waals surface area contributed by atoms with Gasteiger partial charge in [-0.15, -0.1) is 0 Å². The van der Waals surface area contributed by atoms with E-state index in [1.54, 1.807) is 0 Å². The Labute approximate surface area is 123 Å². The summed E-state index contributed by atoms with van der Waals surface area (Å²) < 4.78 is 25.3. The first-order valence-corrected chi connectivity index (χ1v) is 4.58. The molecule has 0 N–H and O–H groups in total. The Balaban J connectivity index is -0.000000500. The molecule has 0 atom stereocenters. The Morgan fingerprint density at radius 3 is 2.25 bits per heavy atom. The Kier molecular flexibility index (Phi) is 8.26. The second-order valence-electron chi connectivity index (χ2n) is 2.00. The van der Waals surface area contributed by atoms with Crippen LogP contribution in [0.4, 0.5) is 0 Å². The number of hydrogen-bond donors (Lipinski definition) is 0. The van der Waals surface area contributed by atoms with Crippen molar-refractivity contribution in [1.82, 2.24) is 0 Å². The Morgan fingerprint density at radius 1 is 1.58 bits per heavy atom. The molecule has 0 saturated heterocycles. The van der Waals surface area contributed by atoms with Crippen molar-refractivity contribution >= 4 is 16.1 Å². The summed E-state index contributed by atoms with van der Waals surface area (Å²) >= 11 is 0. The van der Waals surface area contributed by atoms with Crippen LogP contribution in [-0.2, 0) is 19.1 Å². The van der Waals surface area contributed by atoms with Gasteiger partial charge >= 0.3 is 74.3 Å². The normalized spacial score (nSPS) is 9.83. The molecule has 6 heteroatoms. The monoisotopic (exact) mass is 264 g/mol. The largest absolute Gasteiger partial charge is 1.00 e. The number of carbonyl (C=O) groups excluding carboxylic acids is 1. The van der Waals surface area contributed by atoms with Crippen LogP contribution in [-0.4, -0.2) is 20.1 Å². The minimum atomic E-state index is -3.67. The van der Waals surface area contributed by atoms with Gasteiger partial charge in [-0.1, -0.05) is 6.58 Å². The molecule has 66 valence electrons. The van der Waals surface area contributed by atoms with E-state index >= 15 is 0 Å². The van der Waals surface area contributed by atoms with E-state index in [1.807, 2.05) is 0 Å². The van der Waals surface area contributed by atoms with E-state index in [9.17, 15) is 13.2 Å². The molecule has 0 saturated carbocycles. The van der Waals surface area contributed by atoms with Crippen molar-refractivity contribution in [3.8, 4) is 0 Å². The van der Waals surface area contributed by atoms with Crippen LogP contribution in [0.25, 0.3) is 0 Å². The molecule has 0 rings (SSSR count). The van der Waals surface area contributed by atoms with Gasteiger partial charge in [0.25, 0.3) is 0 Å². The molecular weight excluding hydrogens is 254 g/mol. The SMILES string of the molecule is C=C(C)C(=O)OS(=O)(=O)CC.[H-].[Rb+]. The smallest absolute Gasteiger partial charge is 1.00 e. The zero-order chi connectivity index (χ0) is 9.07. The summed E-state index contributed by atoms with van der Waals surface area (Å²) in [6.07, 6.45) is 0. The molecule has 0 amide bonds. The molecule has 0 aliphatic rings. The number of carbonyl (C=O) groups is 1. The summed E-state index contributed by atoms with van der Waals surface area (Å²) in [7, 11) is -3.67. The molecule has 0 aliphatic heterocycles. The second kappa shape index (κ2) is 6.42. The molecule has 0 aromatic carbocycles. The van der Waals surface area contributed by atoms with Crippen molar-refractivity contribution < 1.29 is 77.0 Å². The second-order valence-corrected chi connectivity index (χ2v) is 3.86. The first-order valence-electron chi connectivity index (χ1n) is 3.01. The zero-order valence-electron chi connectivity index (χ0n) is 8.46. The average Bonchev–Trinajstić information content (AvgIpc) is 1.87. The minimum absolute atomic E-state index is 0. The van der Waals surface area contributed by atoms with Crippen LogP contribution in [0.3, 0.4) is 0 Å². The number of hydrogen-bond acceptors (Lipinski definition) is 4. The van der Waals surface area contributed by atoms with Crippen LogP contribution < -0.4 is 58.2 Å². The summed E-state index contributed by atoms with van der Waals surface area (Å²) in [5.74, 6) is -1.11. The van der Waals surface area contributed by atoms with E-state index < -0.39 is 16.1 Å². The Bertz CT molecular complexity index is 272. The first-order chi connectivity index (χ1) is 4.89. The standard InChI is InChI=1S/C6H10O4S.Rb.H/c1-4-11(8,9)10-6(7)5(2)3;;/h2,4H2,1,3H3;;/q;+1;-1. The molecule has 0 aliphatic carbocycles. The molecule has 0 aromatic rings. The van der Waals surface area contributed by atoms with E-state index in [2.05, 4.69) is 10.8 Å². The van der Waals surface area contributed by atoms with Crippen molar-refractivity contribution in [2.24, 2.45) is 0 Å². The van der Waals surface area contributed by atoms with Crippen molar-refractivity contribution in [3.05, 3.63) is 12.2 Å². The fraction of sp³-hybridized carbons (Fsp3) is 0.500. The van der Waals surface area contributed by atoms with Crippen LogP contribution in [0.15, 0.2) is 12.2 Å². The summed E-state index contributed by atoms with van der Waals surface area (Å²) in [6.45, 7) is 6.01. The van der Waals surface area contributed by atoms with Crippen molar-refractivity contribution in [1.29, 1.82) is 0 Å². The van der Waals surface area contributed by atoms with Gasteiger partial charge in [-0.05, 0) is 13.8 Å². The Morgan fingerprint density at radius 2 is 2.00 bits per heavy atom. The van der Waals surface area contributed by atoms with Crippen molar-refractivity contribution in [3.63, 3.8) is 0 Å². The van der Waals surface area contributed by atoms with Gasteiger partial charge in [-0.25, -0.2) is 4.79 Å². The van der Waals surface area contributed by atoms with Crippen LogP contribution in [0.2, 0.25) is 0 Å². The zero-order valence-corrected chi connectivity index (χ0v) is 13.2. The molecule has 0 bridgehead atoms. The molecular formula is C6H11O4RbS. The van der Waals surface area contributed by atoms with E-state index in [0.717, 1.165) is 0 Å². The van der Waals surface area contributed by atoms with Crippen molar-refractivity contribution in [2.75, 3.05) is 5.75 Å². The van der Waals surface area contributed by atoms with Crippen LogP contribution >= 0.6 is 0 Å². The van der Waals surface area contributed by atoms with Gasteiger partial charge in [-0.3, -0.25) is 0 Å². The van der Waals surface area contributed by atoms with E-state index in [4.69, 9.17) is 0 Å². The van der Waals surface area contributed by atoms with Gasteiger partial charge in [0.1, 0.15) is 0 Å². The van der Waals surface area contributed by atoms with Crippen LogP contribution in [0.5, 0.6) is 0 Å². The van der Waals surface area contributed by atoms with E-state index in [0.29, 0.717) is 0 Å². The summed E-state index contributed by atoms with van der Waals surface area (Å²) in [5, 5.41) is 0. The van der Waals surface area contributed by atoms with E-state index in [-0.39, 0.29) is 70.9 Å². The fourth-order valence-electron chi connectivity index (χ4n) is 0.245. The predicted molar refractivity (Wildman–Crippen MR) is 41.5 cm³/mol. The van der Waals surface area contributed by atoms with Gasteiger partial charge in [0, 0.05) is 5.57 Å². The van der Waals surface area contributed by atoms with Crippen LogP contribution in [0.1, 0.15) is 15.3 Å². The number of rotatable bonds is 3. The van der Waals surface area contributed by atoms with Gasteiger partial charge in [0.15, 0.2) is 0 Å². The Hall–Kier alpha value is 0.965. The molecule has 0 aromatic heterocycles. The van der Waals surface area contributed by atoms with Gasteiger partial charge in [0.2, 0.25) is 0 Å². The van der Waals surface area contributed by atoms with Crippen molar-refractivity contribution in [2.45, 2.75) is 13.8 Å². The predicted octanol–water partition coefficient (Wildman–Crippen LogP) is -2.43. The molecule has 4 nitrogen and oxygen atoms in total. The third-order valence-electron chi connectivity index (χ3n) is 0.905. The van der Waals surface area contributed by atoms with Gasteiger partial charge in [0.05, 0.1) is 5.75 Å². The maximum Gasteiger partial charge on any atom is 1.00 e. The molecule has 0 fully saturated rings. The van der Waals surface area contributed by atoms with E-state index in [1.165, 1.54) is 13.8 Å². The average molecular weight is 265 g/mol. The maximum absolute atomic E-state index is 10.6. The summed E-state index contributed by atoms with van der Waals surface area (Å²) in [4.78, 5) is 10.6. The third-order valence-corrected chi connectivity index (χ3v) is 2.02.